The molecule has 0 unspecified atom stereocenters. The Labute approximate surface area is 127 Å². The number of nitro benzene ring substituents is 1. The first-order chi connectivity index (χ1) is 9.88. The summed E-state index contributed by atoms with van der Waals surface area (Å²) < 4.78 is 13.6. The Hall–Kier alpha value is -2.25. The van der Waals surface area contributed by atoms with E-state index in [0.717, 1.165) is 24.4 Å². The Morgan fingerprint density at radius 3 is 2.67 bits per heavy atom. The van der Waals surface area contributed by atoms with Crippen molar-refractivity contribution in [2.75, 3.05) is 5.32 Å². The summed E-state index contributed by atoms with van der Waals surface area (Å²) in [6, 6.07) is 4.05. The Balaban J connectivity index is 2.28. The minimum absolute atomic E-state index is 0.0229. The van der Waals surface area contributed by atoms with Gasteiger partial charge >= 0.3 is 0 Å². The lowest BCUT2D eigenvalue weighted by atomic mass is 10.2. The molecule has 1 aromatic heterocycles. The highest BCUT2D eigenvalue weighted by atomic mass is 35.5. The van der Waals surface area contributed by atoms with Crippen LogP contribution in [0.25, 0.3) is 0 Å². The molecule has 0 aliphatic carbocycles. The molecule has 0 spiro atoms. The summed E-state index contributed by atoms with van der Waals surface area (Å²) in [6.07, 6.45) is 1.15. The van der Waals surface area contributed by atoms with Gasteiger partial charge in [-0.25, -0.2) is 9.37 Å². The number of aromatic nitrogens is 1. The number of non-ortho nitro benzene ring substituents is 1. The van der Waals surface area contributed by atoms with Crippen molar-refractivity contribution in [3.05, 3.63) is 62.1 Å². The SMILES string of the molecule is O=C(Nc1cc([N+](=O)[O-])ccc1F)c1cnc(Cl)c(Cl)c1. The second kappa shape index (κ2) is 6.02. The molecular weight excluding hydrogens is 324 g/mol. The number of pyridine rings is 1. The number of hydrogen-bond donors (Lipinski definition) is 1. The van der Waals surface area contributed by atoms with Crippen molar-refractivity contribution in [1.29, 1.82) is 0 Å². The Morgan fingerprint density at radius 2 is 2.05 bits per heavy atom. The molecule has 1 heterocycles. The maximum atomic E-state index is 13.6. The summed E-state index contributed by atoms with van der Waals surface area (Å²) in [4.78, 5) is 25.5. The van der Waals surface area contributed by atoms with Crippen LogP contribution in [-0.4, -0.2) is 15.8 Å². The lowest BCUT2D eigenvalue weighted by Gasteiger charge is -2.06. The number of hydrogen-bond acceptors (Lipinski definition) is 4. The number of nitro groups is 1. The third-order valence-electron chi connectivity index (χ3n) is 2.47. The molecule has 21 heavy (non-hydrogen) atoms. The highest BCUT2D eigenvalue weighted by Gasteiger charge is 2.15. The van der Waals surface area contributed by atoms with E-state index in [0.29, 0.717) is 0 Å². The lowest BCUT2D eigenvalue weighted by molar-refractivity contribution is -0.384. The number of amides is 1. The Kier molecular flexibility index (Phi) is 4.35. The van der Waals surface area contributed by atoms with E-state index in [1.165, 1.54) is 6.07 Å². The topological polar surface area (TPSA) is 85.1 Å². The van der Waals surface area contributed by atoms with Gasteiger partial charge in [0.2, 0.25) is 0 Å². The third kappa shape index (κ3) is 3.45. The third-order valence-corrected chi connectivity index (χ3v) is 3.15. The van der Waals surface area contributed by atoms with Gasteiger partial charge in [0, 0.05) is 18.3 Å². The zero-order valence-electron chi connectivity index (χ0n) is 10.1. The second-order valence-electron chi connectivity index (χ2n) is 3.87. The Bertz CT molecular complexity index is 740. The number of nitrogens with one attached hydrogen (secondary N) is 1. The van der Waals surface area contributed by atoms with E-state index in [9.17, 15) is 19.3 Å². The van der Waals surface area contributed by atoms with Crippen LogP contribution in [0.3, 0.4) is 0 Å². The van der Waals surface area contributed by atoms with Gasteiger partial charge in [-0.2, -0.15) is 0 Å². The monoisotopic (exact) mass is 329 g/mol. The van der Waals surface area contributed by atoms with Crippen LogP contribution in [0.4, 0.5) is 15.8 Å². The van der Waals surface area contributed by atoms with Crippen LogP contribution in [0.5, 0.6) is 0 Å². The van der Waals surface area contributed by atoms with Crippen LogP contribution in [0.1, 0.15) is 10.4 Å². The van der Waals surface area contributed by atoms with Crippen molar-refractivity contribution in [2.45, 2.75) is 0 Å². The number of anilines is 1. The molecule has 0 saturated carbocycles. The fraction of sp³-hybridized carbons (Fsp3) is 0. The van der Waals surface area contributed by atoms with E-state index in [4.69, 9.17) is 23.2 Å². The van der Waals surface area contributed by atoms with Crippen molar-refractivity contribution in [3.8, 4) is 0 Å². The largest absolute Gasteiger partial charge is 0.319 e. The number of nitrogens with zero attached hydrogens (tertiary/aromatic N) is 2. The first-order valence-electron chi connectivity index (χ1n) is 5.45. The van der Waals surface area contributed by atoms with Crippen molar-refractivity contribution in [3.63, 3.8) is 0 Å². The van der Waals surface area contributed by atoms with Crippen molar-refractivity contribution in [2.24, 2.45) is 0 Å². The molecule has 2 rings (SSSR count). The zero-order chi connectivity index (χ0) is 15.6. The summed E-state index contributed by atoms with van der Waals surface area (Å²) in [7, 11) is 0. The molecule has 2 aromatic rings. The summed E-state index contributed by atoms with van der Waals surface area (Å²) in [6.45, 7) is 0. The number of carbonyl (C=O) groups is 1. The molecule has 0 atom stereocenters. The van der Waals surface area contributed by atoms with E-state index >= 15 is 0 Å². The highest BCUT2D eigenvalue weighted by molar-refractivity contribution is 6.41. The van der Waals surface area contributed by atoms with Gasteiger partial charge in [-0.3, -0.25) is 14.9 Å². The van der Waals surface area contributed by atoms with Crippen molar-refractivity contribution < 1.29 is 14.1 Å². The molecule has 0 aliphatic heterocycles. The van der Waals surface area contributed by atoms with Crippen LogP contribution in [0, 0.1) is 15.9 Å². The minimum Gasteiger partial charge on any atom is -0.319 e. The molecule has 1 amide bonds. The van der Waals surface area contributed by atoms with E-state index in [2.05, 4.69) is 10.3 Å². The highest BCUT2D eigenvalue weighted by Crippen LogP contribution is 2.23. The average molecular weight is 330 g/mol. The van der Waals surface area contributed by atoms with E-state index in [1.54, 1.807) is 0 Å². The first-order valence-corrected chi connectivity index (χ1v) is 6.20. The molecule has 108 valence electrons. The standard InChI is InChI=1S/C12H6Cl2FN3O3/c13-8-3-6(5-16-11(8)14)12(19)17-10-4-7(18(20)21)1-2-9(10)15/h1-5H,(H,17,19). The van der Waals surface area contributed by atoms with Gasteiger partial charge in [0.05, 0.1) is 21.2 Å². The van der Waals surface area contributed by atoms with Crippen LogP contribution in [0.2, 0.25) is 10.2 Å². The van der Waals surface area contributed by atoms with E-state index in [1.807, 2.05) is 0 Å². The molecular formula is C12H6Cl2FN3O3. The summed E-state index contributed by atoms with van der Waals surface area (Å²) in [5, 5.41) is 12.9. The molecule has 0 fully saturated rings. The zero-order valence-corrected chi connectivity index (χ0v) is 11.7. The lowest BCUT2D eigenvalue weighted by Crippen LogP contribution is -2.13. The van der Waals surface area contributed by atoms with Gasteiger partial charge in [-0.1, -0.05) is 23.2 Å². The first kappa shape index (κ1) is 15.1. The van der Waals surface area contributed by atoms with Gasteiger partial charge < -0.3 is 5.32 Å². The number of rotatable bonds is 3. The van der Waals surface area contributed by atoms with Gasteiger partial charge in [0.1, 0.15) is 11.0 Å². The smallest absolute Gasteiger partial charge is 0.271 e. The molecule has 9 heteroatoms. The number of halogens is 3. The number of carbonyl (C=O) groups excluding carboxylic acids is 1. The second-order valence-corrected chi connectivity index (χ2v) is 4.64. The molecule has 6 nitrogen and oxygen atoms in total. The normalized spacial score (nSPS) is 10.2. The van der Waals surface area contributed by atoms with Crippen LogP contribution in [0.15, 0.2) is 30.5 Å². The van der Waals surface area contributed by atoms with Crippen molar-refractivity contribution >= 4 is 40.5 Å². The van der Waals surface area contributed by atoms with Crippen LogP contribution in [-0.2, 0) is 0 Å². The molecule has 0 saturated heterocycles. The fourth-order valence-electron chi connectivity index (χ4n) is 1.46. The predicted octanol–water partition coefficient (Wildman–Crippen LogP) is 3.69. The maximum absolute atomic E-state index is 13.6. The summed E-state index contributed by atoms with van der Waals surface area (Å²) in [5.74, 6) is -1.53. The molecule has 0 radical (unpaired) electrons. The van der Waals surface area contributed by atoms with Crippen molar-refractivity contribution in [1.82, 2.24) is 4.98 Å². The molecule has 0 bridgehead atoms. The Morgan fingerprint density at radius 1 is 1.33 bits per heavy atom. The number of benzene rings is 1. The maximum Gasteiger partial charge on any atom is 0.271 e. The van der Waals surface area contributed by atoms with Gasteiger partial charge in [-0.05, 0) is 12.1 Å². The molecule has 1 N–H and O–H groups in total. The van der Waals surface area contributed by atoms with Gasteiger partial charge in [0.25, 0.3) is 11.6 Å². The van der Waals surface area contributed by atoms with Crippen LogP contribution >= 0.6 is 23.2 Å². The fourth-order valence-corrected chi connectivity index (χ4v) is 1.73. The molecule has 1 aromatic carbocycles. The average Bonchev–Trinajstić information content (AvgIpc) is 2.43. The quantitative estimate of drug-likeness (QED) is 0.528. The minimum atomic E-state index is -0.804. The van der Waals surface area contributed by atoms with Gasteiger partial charge in [-0.15, -0.1) is 0 Å². The summed E-state index contributed by atoms with van der Waals surface area (Å²) in [5.41, 5.74) is -0.630. The van der Waals surface area contributed by atoms with E-state index in [-0.39, 0.29) is 27.1 Å². The summed E-state index contributed by atoms with van der Waals surface area (Å²) >= 11 is 11.3. The van der Waals surface area contributed by atoms with Crippen LogP contribution < -0.4 is 5.32 Å². The van der Waals surface area contributed by atoms with E-state index < -0.39 is 16.6 Å². The molecule has 0 aliphatic rings. The van der Waals surface area contributed by atoms with Gasteiger partial charge in [0.15, 0.2) is 0 Å². The predicted molar refractivity (Wildman–Crippen MR) is 75.3 cm³/mol.